The molecule has 3 heteroatoms. The van der Waals surface area contributed by atoms with E-state index in [1.807, 2.05) is 6.92 Å². The lowest BCUT2D eigenvalue weighted by molar-refractivity contribution is 0.362. The Hall–Kier alpha value is -1.74. The number of hydrogen-bond acceptors (Lipinski definition) is 3. The van der Waals surface area contributed by atoms with Crippen LogP contribution in [0.15, 0.2) is 29.4 Å². The maximum absolute atomic E-state index is 10.3. The van der Waals surface area contributed by atoms with Crippen molar-refractivity contribution in [2.24, 2.45) is 0 Å². The number of rotatable bonds is 8. The molecule has 0 saturated carbocycles. The molecular weight excluding hydrogens is 298 g/mol. The zero-order chi connectivity index (χ0) is 18.3. The Morgan fingerprint density at radius 2 is 1.88 bits per heavy atom. The Morgan fingerprint density at radius 1 is 1.21 bits per heavy atom. The predicted octanol–water partition coefficient (Wildman–Crippen LogP) is 5.01. The molecule has 0 bridgehead atoms. The molecule has 0 aliphatic rings. The quantitative estimate of drug-likeness (QED) is 0.680. The molecule has 0 spiro atoms. The summed E-state index contributed by atoms with van der Waals surface area (Å²) in [5.74, 6) is 0.866. The molecule has 1 rings (SSSR count). The molecule has 1 aromatic carbocycles. The molecule has 1 N–H and O–H groups in total. The van der Waals surface area contributed by atoms with Crippen molar-refractivity contribution < 1.29 is 9.84 Å². The van der Waals surface area contributed by atoms with Crippen molar-refractivity contribution >= 4 is 0 Å². The maximum atomic E-state index is 10.3. The Labute approximate surface area is 147 Å². The molecule has 0 atom stereocenters. The van der Waals surface area contributed by atoms with E-state index in [2.05, 4.69) is 58.0 Å². The molecule has 0 aromatic heterocycles. The lowest BCUT2D eigenvalue weighted by atomic mass is 9.97. The third-order valence-electron chi connectivity index (χ3n) is 4.08. The molecule has 0 unspecified atom stereocenters. The van der Waals surface area contributed by atoms with Gasteiger partial charge in [-0.2, -0.15) is 0 Å². The number of methoxy groups -OCH3 is 1. The second kappa shape index (κ2) is 9.53. The van der Waals surface area contributed by atoms with Gasteiger partial charge in [-0.05, 0) is 72.2 Å². The molecule has 0 saturated heterocycles. The maximum Gasteiger partial charge on any atom is 0.164 e. The van der Waals surface area contributed by atoms with Crippen LogP contribution in [0.25, 0.3) is 0 Å². The molecule has 0 aliphatic carbocycles. The Balaban J connectivity index is 3.07. The van der Waals surface area contributed by atoms with Crippen molar-refractivity contribution in [3.05, 3.63) is 46.1 Å². The van der Waals surface area contributed by atoms with Crippen LogP contribution in [0.4, 0.5) is 0 Å². The number of aromatic hydroxyl groups is 1. The molecule has 1 aromatic rings. The summed E-state index contributed by atoms with van der Waals surface area (Å²) >= 11 is 0. The SMILES string of the molecule is COc1c(O)c(C)cc(CN(C)C)c1C/C=C(\C)CCC=C(C)C. The number of nitrogens with zero attached hydrogens (tertiary/aromatic N) is 1. The van der Waals surface area contributed by atoms with Gasteiger partial charge < -0.3 is 14.7 Å². The van der Waals surface area contributed by atoms with Gasteiger partial charge in [0.15, 0.2) is 11.5 Å². The van der Waals surface area contributed by atoms with Gasteiger partial charge in [0.2, 0.25) is 0 Å². The largest absolute Gasteiger partial charge is 0.504 e. The molecule has 0 aliphatic heterocycles. The molecule has 0 amide bonds. The summed E-state index contributed by atoms with van der Waals surface area (Å²) in [6, 6.07) is 2.07. The number of allylic oxidation sites excluding steroid dienone is 4. The van der Waals surface area contributed by atoms with Gasteiger partial charge in [0, 0.05) is 12.1 Å². The molecular formula is C21H33NO2. The summed E-state index contributed by atoms with van der Waals surface area (Å²) in [5.41, 5.74) is 5.87. The van der Waals surface area contributed by atoms with Crippen molar-refractivity contribution in [2.75, 3.05) is 21.2 Å². The van der Waals surface area contributed by atoms with Crippen LogP contribution in [0, 0.1) is 6.92 Å². The van der Waals surface area contributed by atoms with Crippen LogP contribution in [-0.2, 0) is 13.0 Å². The lowest BCUT2D eigenvalue weighted by Crippen LogP contribution is -2.13. The highest BCUT2D eigenvalue weighted by Crippen LogP contribution is 2.37. The highest BCUT2D eigenvalue weighted by Gasteiger charge is 2.16. The highest BCUT2D eigenvalue weighted by molar-refractivity contribution is 5.55. The number of benzene rings is 1. The number of ether oxygens (including phenoxy) is 1. The van der Waals surface area contributed by atoms with Crippen LogP contribution in [-0.4, -0.2) is 31.2 Å². The minimum atomic E-state index is 0.255. The molecule has 3 nitrogen and oxygen atoms in total. The first-order valence-corrected chi connectivity index (χ1v) is 8.58. The first kappa shape index (κ1) is 20.3. The fraction of sp³-hybridized carbons (Fsp3) is 0.524. The van der Waals surface area contributed by atoms with Gasteiger partial charge in [-0.15, -0.1) is 0 Å². The van der Waals surface area contributed by atoms with Gasteiger partial charge in [-0.25, -0.2) is 0 Å². The zero-order valence-electron chi connectivity index (χ0n) is 16.4. The van der Waals surface area contributed by atoms with Gasteiger partial charge in [0.25, 0.3) is 0 Å². The topological polar surface area (TPSA) is 32.7 Å². The second-order valence-corrected chi connectivity index (χ2v) is 7.03. The third kappa shape index (κ3) is 6.04. The summed E-state index contributed by atoms with van der Waals surface area (Å²) in [7, 11) is 5.74. The minimum absolute atomic E-state index is 0.255. The van der Waals surface area contributed by atoms with Crippen molar-refractivity contribution in [3.8, 4) is 11.5 Å². The van der Waals surface area contributed by atoms with Crippen LogP contribution in [0.5, 0.6) is 11.5 Å². The van der Waals surface area contributed by atoms with E-state index in [9.17, 15) is 5.11 Å². The average molecular weight is 332 g/mol. The van der Waals surface area contributed by atoms with Gasteiger partial charge in [0.05, 0.1) is 7.11 Å². The Kier molecular flexibility index (Phi) is 8.06. The van der Waals surface area contributed by atoms with Gasteiger partial charge in [-0.1, -0.05) is 29.4 Å². The van der Waals surface area contributed by atoms with Crippen LogP contribution in [0.2, 0.25) is 0 Å². The van der Waals surface area contributed by atoms with E-state index in [4.69, 9.17) is 4.74 Å². The molecule has 0 radical (unpaired) electrons. The van der Waals surface area contributed by atoms with E-state index < -0.39 is 0 Å². The second-order valence-electron chi connectivity index (χ2n) is 7.03. The normalized spacial score (nSPS) is 11.8. The summed E-state index contributed by atoms with van der Waals surface area (Å²) in [5, 5.41) is 10.3. The summed E-state index contributed by atoms with van der Waals surface area (Å²) in [4.78, 5) is 2.14. The van der Waals surface area contributed by atoms with E-state index >= 15 is 0 Å². The van der Waals surface area contributed by atoms with Gasteiger partial charge in [0.1, 0.15) is 0 Å². The monoisotopic (exact) mass is 331 g/mol. The number of hydrogen-bond donors (Lipinski definition) is 1. The van der Waals surface area contributed by atoms with E-state index in [0.29, 0.717) is 5.75 Å². The van der Waals surface area contributed by atoms with Crippen LogP contribution < -0.4 is 4.74 Å². The van der Waals surface area contributed by atoms with Crippen LogP contribution in [0.3, 0.4) is 0 Å². The van der Waals surface area contributed by atoms with E-state index in [0.717, 1.165) is 36.9 Å². The summed E-state index contributed by atoms with van der Waals surface area (Å²) in [6.45, 7) is 9.18. The fourth-order valence-electron chi connectivity index (χ4n) is 2.78. The Bertz CT molecular complexity index is 609. The zero-order valence-corrected chi connectivity index (χ0v) is 16.4. The molecule has 0 heterocycles. The lowest BCUT2D eigenvalue weighted by Gasteiger charge is -2.19. The molecule has 24 heavy (non-hydrogen) atoms. The van der Waals surface area contributed by atoms with Crippen molar-refractivity contribution in [1.82, 2.24) is 4.90 Å². The van der Waals surface area contributed by atoms with Crippen LogP contribution >= 0.6 is 0 Å². The summed E-state index contributed by atoms with van der Waals surface area (Å²) < 4.78 is 5.52. The Morgan fingerprint density at radius 3 is 2.42 bits per heavy atom. The number of aryl methyl sites for hydroxylation is 1. The first-order chi connectivity index (χ1) is 11.3. The number of phenols is 1. The number of phenolic OH excluding ortho intramolecular Hbond substituents is 1. The highest BCUT2D eigenvalue weighted by atomic mass is 16.5. The average Bonchev–Trinajstić information content (AvgIpc) is 2.48. The van der Waals surface area contributed by atoms with Crippen molar-refractivity contribution in [2.45, 2.75) is 53.5 Å². The van der Waals surface area contributed by atoms with Crippen LogP contribution in [0.1, 0.15) is 50.3 Å². The smallest absolute Gasteiger partial charge is 0.164 e. The van der Waals surface area contributed by atoms with Gasteiger partial charge >= 0.3 is 0 Å². The molecule has 134 valence electrons. The van der Waals surface area contributed by atoms with E-state index in [1.165, 1.54) is 16.7 Å². The van der Waals surface area contributed by atoms with E-state index in [1.54, 1.807) is 7.11 Å². The third-order valence-corrected chi connectivity index (χ3v) is 4.08. The first-order valence-electron chi connectivity index (χ1n) is 8.58. The summed E-state index contributed by atoms with van der Waals surface area (Å²) in [6.07, 6.45) is 7.44. The fourth-order valence-corrected chi connectivity index (χ4v) is 2.78. The minimum Gasteiger partial charge on any atom is -0.504 e. The van der Waals surface area contributed by atoms with Crippen molar-refractivity contribution in [3.63, 3.8) is 0 Å². The van der Waals surface area contributed by atoms with Gasteiger partial charge in [-0.3, -0.25) is 0 Å². The van der Waals surface area contributed by atoms with E-state index in [-0.39, 0.29) is 5.75 Å². The standard InChI is InChI=1S/C21H33NO2/c1-15(2)9-8-10-16(3)11-12-19-18(14-22(5)6)13-17(4)20(23)21(19)24-7/h9,11,13,23H,8,10,12,14H2,1-7H3/b16-11+. The van der Waals surface area contributed by atoms with Crippen molar-refractivity contribution in [1.29, 1.82) is 0 Å². The predicted molar refractivity (Wildman–Crippen MR) is 103 cm³/mol. The molecule has 0 fully saturated rings.